The maximum Gasteiger partial charge on any atom is 0.219 e. The summed E-state index contributed by atoms with van der Waals surface area (Å²) in [6, 6.07) is 6.30. The summed E-state index contributed by atoms with van der Waals surface area (Å²) in [6.45, 7) is 9.46. The summed E-state index contributed by atoms with van der Waals surface area (Å²) in [5.41, 5.74) is 1.06. The molecule has 2 aliphatic rings. The fraction of sp³-hybridized carbons (Fsp3) is 0.667. The van der Waals surface area contributed by atoms with E-state index in [2.05, 4.69) is 22.0 Å². The van der Waals surface area contributed by atoms with Crippen LogP contribution in [0.2, 0.25) is 10.0 Å². The third kappa shape index (κ3) is 7.17. The molecule has 0 atom stereocenters. The number of anilines is 1. The Morgan fingerprint density at radius 2 is 1.74 bits per heavy atom. The minimum Gasteiger partial charge on any atom is -0.368 e. The van der Waals surface area contributed by atoms with Gasteiger partial charge in [-0.05, 0) is 31.5 Å². The molecule has 1 N–H and O–H groups in total. The normalized spacial score (nSPS) is 18.6. The predicted molar refractivity (Wildman–Crippen MR) is 116 cm³/mol. The minimum atomic E-state index is 0.205. The highest BCUT2D eigenvalue weighted by atomic mass is 35.5. The van der Waals surface area contributed by atoms with Gasteiger partial charge in [-0.2, -0.15) is 0 Å². The molecule has 1 aliphatic carbocycles. The second kappa shape index (κ2) is 11.8. The first-order valence-electron chi connectivity index (χ1n) is 10.3. The molecule has 1 saturated carbocycles. The lowest BCUT2D eigenvalue weighted by atomic mass is 9.95. The van der Waals surface area contributed by atoms with Gasteiger partial charge in [0.25, 0.3) is 0 Å². The number of nitrogens with zero attached hydrogens (tertiary/aromatic N) is 2. The van der Waals surface area contributed by atoms with Crippen molar-refractivity contribution in [1.82, 2.24) is 10.2 Å². The van der Waals surface area contributed by atoms with Crippen molar-refractivity contribution < 1.29 is 4.79 Å². The van der Waals surface area contributed by atoms with E-state index in [-0.39, 0.29) is 5.91 Å². The number of amides is 1. The third-order valence-electron chi connectivity index (χ3n) is 5.38. The average Bonchev–Trinajstić information content (AvgIpc) is 2.71. The van der Waals surface area contributed by atoms with E-state index in [9.17, 15) is 4.79 Å². The van der Waals surface area contributed by atoms with Gasteiger partial charge in [0, 0.05) is 38.6 Å². The standard InChI is InChI=1S/C12H16Cl2N2.C9H17NO/c1-2-15-6-8-16(9-7-15)11-5-3-4-10(13)12(11)14;1-2-9(11)10-8-6-4-3-5-7-8/h3-5H,2,6-9H2,1H3;8H,2-7H2,1H3,(H,10,11). The van der Waals surface area contributed by atoms with Crippen LogP contribution in [0.15, 0.2) is 18.2 Å². The largest absolute Gasteiger partial charge is 0.368 e. The van der Waals surface area contributed by atoms with E-state index in [4.69, 9.17) is 23.2 Å². The van der Waals surface area contributed by atoms with Crippen LogP contribution in [0.5, 0.6) is 0 Å². The molecule has 0 bridgehead atoms. The van der Waals surface area contributed by atoms with Gasteiger partial charge in [0.05, 0.1) is 15.7 Å². The van der Waals surface area contributed by atoms with Crippen molar-refractivity contribution in [2.75, 3.05) is 37.6 Å². The number of carbonyl (C=O) groups excluding carboxylic acids is 1. The number of benzene rings is 1. The monoisotopic (exact) mass is 413 g/mol. The minimum absolute atomic E-state index is 0.205. The lowest BCUT2D eigenvalue weighted by molar-refractivity contribution is -0.121. The summed E-state index contributed by atoms with van der Waals surface area (Å²) in [5, 5.41) is 4.34. The first-order valence-corrected chi connectivity index (χ1v) is 11.0. The Morgan fingerprint density at radius 3 is 2.33 bits per heavy atom. The molecule has 3 rings (SSSR count). The molecule has 1 amide bonds. The van der Waals surface area contributed by atoms with Crippen LogP contribution in [0, 0.1) is 0 Å². The quantitative estimate of drug-likeness (QED) is 0.755. The Hall–Kier alpha value is -0.970. The Labute approximate surface area is 174 Å². The Morgan fingerprint density at radius 1 is 1.07 bits per heavy atom. The van der Waals surface area contributed by atoms with Crippen LogP contribution < -0.4 is 10.2 Å². The molecule has 1 aromatic carbocycles. The Kier molecular flexibility index (Phi) is 9.74. The van der Waals surface area contributed by atoms with Crippen LogP contribution in [-0.4, -0.2) is 49.6 Å². The van der Waals surface area contributed by atoms with Gasteiger partial charge in [-0.15, -0.1) is 0 Å². The van der Waals surface area contributed by atoms with Crippen LogP contribution in [0.3, 0.4) is 0 Å². The molecule has 1 heterocycles. The molecule has 0 radical (unpaired) electrons. The topological polar surface area (TPSA) is 35.6 Å². The number of likely N-dealkylation sites (N-methyl/N-ethyl adjacent to an activating group) is 1. The lowest BCUT2D eigenvalue weighted by Gasteiger charge is -2.36. The van der Waals surface area contributed by atoms with E-state index in [1.54, 1.807) is 0 Å². The van der Waals surface area contributed by atoms with Gasteiger partial charge in [-0.1, -0.05) is 62.4 Å². The molecule has 152 valence electrons. The van der Waals surface area contributed by atoms with Crippen molar-refractivity contribution in [2.45, 2.75) is 58.4 Å². The first-order chi connectivity index (χ1) is 13.0. The van der Waals surface area contributed by atoms with Gasteiger partial charge < -0.3 is 15.1 Å². The maximum atomic E-state index is 11.0. The number of carbonyl (C=O) groups is 1. The number of rotatable bonds is 4. The Bertz CT molecular complexity index is 583. The van der Waals surface area contributed by atoms with Gasteiger partial charge >= 0.3 is 0 Å². The zero-order chi connectivity index (χ0) is 19.6. The molecule has 0 aromatic heterocycles. The van der Waals surface area contributed by atoms with E-state index >= 15 is 0 Å². The van der Waals surface area contributed by atoms with E-state index in [1.807, 2.05) is 25.1 Å². The fourth-order valence-electron chi connectivity index (χ4n) is 3.62. The van der Waals surface area contributed by atoms with Crippen LogP contribution in [0.4, 0.5) is 5.69 Å². The molecule has 2 fully saturated rings. The van der Waals surface area contributed by atoms with Crippen molar-refractivity contribution in [3.8, 4) is 0 Å². The zero-order valence-corrected chi connectivity index (χ0v) is 18.2. The zero-order valence-electron chi connectivity index (χ0n) is 16.6. The van der Waals surface area contributed by atoms with E-state index in [0.29, 0.717) is 22.5 Å². The highest BCUT2D eigenvalue weighted by Gasteiger charge is 2.18. The van der Waals surface area contributed by atoms with Crippen molar-refractivity contribution in [3.05, 3.63) is 28.2 Å². The SMILES string of the molecule is CCC(=O)NC1CCCCC1.CCN1CCN(c2cccc(Cl)c2Cl)CC1. The maximum absolute atomic E-state index is 11.0. The molecular formula is C21H33Cl2N3O. The number of hydrogen-bond acceptors (Lipinski definition) is 3. The smallest absolute Gasteiger partial charge is 0.219 e. The summed E-state index contributed by atoms with van der Waals surface area (Å²) in [6.07, 6.45) is 6.91. The van der Waals surface area contributed by atoms with Crippen molar-refractivity contribution in [2.24, 2.45) is 0 Å². The van der Waals surface area contributed by atoms with Gasteiger partial charge in [0.2, 0.25) is 5.91 Å². The van der Waals surface area contributed by atoms with Crippen molar-refractivity contribution in [3.63, 3.8) is 0 Å². The van der Waals surface area contributed by atoms with Crippen LogP contribution in [0.25, 0.3) is 0 Å². The molecule has 1 aromatic rings. The fourth-order valence-corrected chi connectivity index (χ4v) is 4.03. The molecule has 1 saturated heterocycles. The van der Waals surface area contributed by atoms with E-state index in [1.165, 1.54) is 32.1 Å². The number of piperazine rings is 1. The third-order valence-corrected chi connectivity index (χ3v) is 6.19. The molecule has 0 unspecified atom stereocenters. The highest BCUT2D eigenvalue weighted by Crippen LogP contribution is 2.32. The summed E-state index contributed by atoms with van der Waals surface area (Å²) in [5.74, 6) is 0.205. The molecule has 6 heteroatoms. The van der Waals surface area contributed by atoms with E-state index in [0.717, 1.165) is 38.4 Å². The van der Waals surface area contributed by atoms with Crippen LogP contribution >= 0.6 is 23.2 Å². The van der Waals surface area contributed by atoms with Crippen molar-refractivity contribution >= 4 is 34.8 Å². The summed E-state index contributed by atoms with van der Waals surface area (Å²) in [7, 11) is 0. The molecule has 4 nitrogen and oxygen atoms in total. The number of halogens is 2. The molecular weight excluding hydrogens is 381 g/mol. The van der Waals surface area contributed by atoms with E-state index < -0.39 is 0 Å². The second-order valence-corrected chi connectivity index (χ2v) is 8.04. The van der Waals surface area contributed by atoms with Crippen LogP contribution in [-0.2, 0) is 4.79 Å². The van der Waals surface area contributed by atoms with Crippen LogP contribution in [0.1, 0.15) is 52.4 Å². The van der Waals surface area contributed by atoms with Gasteiger partial charge in [-0.3, -0.25) is 4.79 Å². The molecule has 0 spiro atoms. The lowest BCUT2D eigenvalue weighted by Crippen LogP contribution is -2.46. The Balaban J connectivity index is 0.000000208. The van der Waals surface area contributed by atoms with Crippen molar-refractivity contribution in [1.29, 1.82) is 0 Å². The molecule has 1 aliphatic heterocycles. The van der Waals surface area contributed by atoms with Gasteiger partial charge in [0.15, 0.2) is 0 Å². The second-order valence-electron chi connectivity index (χ2n) is 7.25. The summed E-state index contributed by atoms with van der Waals surface area (Å²) < 4.78 is 0. The number of hydrogen-bond donors (Lipinski definition) is 1. The number of nitrogens with one attached hydrogen (secondary N) is 1. The van der Waals surface area contributed by atoms with Gasteiger partial charge in [-0.25, -0.2) is 0 Å². The first kappa shape index (κ1) is 22.3. The summed E-state index contributed by atoms with van der Waals surface area (Å²) >= 11 is 12.2. The van der Waals surface area contributed by atoms with Gasteiger partial charge in [0.1, 0.15) is 0 Å². The summed E-state index contributed by atoms with van der Waals surface area (Å²) in [4.78, 5) is 15.7. The average molecular weight is 414 g/mol. The highest BCUT2D eigenvalue weighted by molar-refractivity contribution is 6.43. The predicted octanol–water partition coefficient (Wildman–Crippen LogP) is 4.98. The molecule has 27 heavy (non-hydrogen) atoms.